The zero-order valence-electron chi connectivity index (χ0n) is 9.60. The van der Waals surface area contributed by atoms with E-state index in [1.54, 1.807) is 25.1 Å². The number of rotatable bonds is 2. The Morgan fingerprint density at radius 2 is 1.95 bits per heavy atom. The summed E-state index contributed by atoms with van der Waals surface area (Å²) in [6, 6.07) is 6.26. The predicted molar refractivity (Wildman–Crippen MR) is 62.1 cm³/mol. The molecule has 4 nitrogen and oxygen atoms in total. The van der Waals surface area contributed by atoms with E-state index in [1.165, 1.54) is 6.20 Å². The first kappa shape index (κ1) is 13.6. The van der Waals surface area contributed by atoms with Gasteiger partial charge in [0.1, 0.15) is 0 Å². The highest BCUT2D eigenvalue weighted by atomic mass is 32.2. The van der Waals surface area contributed by atoms with Crippen LogP contribution in [-0.4, -0.2) is 18.9 Å². The minimum atomic E-state index is -5.69. The van der Waals surface area contributed by atoms with E-state index in [0.717, 1.165) is 11.6 Å². The molecule has 0 N–H and O–H groups in total. The van der Waals surface area contributed by atoms with Crippen LogP contribution in [0, 0.1) is 6.92 Å². The average molecular weight is 291 g/mol. The predicted octanol–water partition coefficient (Wildman–Crippen LogP) is 2.77. The lowest BCUT2D eigenvalue weighted by molar-refractivity contribution is -0.0501. The largest absolute Gasteiger partial charge is 0.534 e. The van der Waals surface area contributed by atoms with Gasteiger partial charge in [0.15, 0.2) is 0 Å². The minimum absolute atomic E-state index is 0.544. The molecule has 19 heavy (non-hydrogen) atoms. The van der Waals surface area contributed by atoms with E-state index in [2.05, 4.69) is 9.17 Å². The van der Waals surface area contributed by atoms with E-state index in [0.29, 0.717) is 10.8 Å². The monoisotopic (exact) mass is 291 g/mol. The lowest BCUT2D eigenvalue weighted by Crippen LogP contribution is -2.28. The van der Waals surface area contributed by atoms with Crippen molar-refractivity contribution in [2.45, 2.75) is 12.4 Å². The number of hydrogen-bond acceptors (Lipinski definition) is 4. The Morgan fingerprint density at radius 3 is 2.58 bits per heavy atom. The van der Waals surface area contributed by atoms with Crippen LogP contribution >= 0.6 is 0 Å². The van der Waals surface area contributed by atoms with Gasteiger partial charge in [-0.3, -0.25) is 0 Å². The van der Waals surface area contributed by atoms with E-state index in [9.17, 15) is 21.6 Å². The van der Waals surface area contributed by atoms with Crippen molar-refractivity contribution in [1.82, 2.24) is 4.98 Å². The van der Waals surface area contributed by atoms with Crippen molar-refractivity contribution in [2.75, 3.05) is 0 Å². The Hall–Kier alpha value is -1.83. The summed E-state index contributed by atoms with van der Waals surface area (Å²) in [5, 5.41) is 1.25. The second-order valence-corrected chi connectivity index (χ2v) is 5.34. The number of hydrogen-bond donors (Lipinski definition) is 0. The minimum Gasteiger partial charge on any atom is -0.355 e. The zero-order valence-corrected chi connectivity index (χ0v) is 10.4. The molecule has 0 saturated heterocycles. The summed E-state index contributed by atoms with van der Waals surface area (Å²) < 4.78 is 62.1. The maximum absolute atomic E-state index is 12.2. The molecule has 8 heteroatoms. The van der Waals surface area contributed by atoms with Crippen LogP contribution in [0.15, 0.2) is 30.5 Å². The molecule has 2 aromatic rings. The van der Waals surface area contributed by atoms with Gasteiger partial charge in [-0.15, -0.1) is 0 Å². The SMILES string of the molecule is Cc1cccc2cc(OS(=O)(=O)C(F)(F)F)ncc12. The maximum atomic E-state index is 12.2. The van der Waals surface area contributed by atoms with Gasteiger partial charge in [0.2, 0.25) is 5.88 Å². The first-order valence-electron chi connectivity index (χ1n) is 5.07. The van der Waals surface area contributed by atoms with Crippen LogP contribution in [0.5, 0.6) is 5.88 Å². The molecule has 0 amide bonds. The van der Waals surface area contributed by atoms with Gasteiger partial charge in [-0.05, 0) is 17.9 Å². The van der Waals surface area contributed by atoms with Gasteiger partial charge in [-0.2, -0.15) is 21.6 Å². The van der Waals surface area contributed by atoms with E-state index in [-0.39, 0.29) is 0 Å². The zero-order chi connectivity index (χ0) is 14.3. The first-order chi connectivity index (χ1) is 8.71. The molecular formula is C11H8F3NO3S. The summed E-state index contributed by atoms with van der Waals surface area (Å²) >= 11 is 0. The Bertz CT molecular complexity index is 726. The molecule has 1 aromatic heterocycles. The molecule has 2 rings (SSSR count). The van der Waals surface area contributed by atoms with E-state index in [1.807, 2.05) is 0 Å². The first-order valence-corrected chi connectivity index (χ1v) is 6.48. The molecule has 0 aliphatic heterocycles. The van der Waals surface area contributed by atoms with E-state index >= 15 is 0 Å². The molecule has 0 saturated carbocycles. The highest BCUT2D eigenvalue weighted by Crippen LogP contribution is 2.27. The number of pyridine rings is 1. The summed E-state index contributed by atoms with van der Waals surface area (Å²) in [4.78, 5) is 3.57. The molecule has 1 heterocycles. The lowest BCUT2D eigenvalue weighted by Gasteiger charge is -2.09. The molecule has 0 bridgehead atoms. The van der Waals surface area contributed by atoms with Crippen LogP contribution in [0.1, 0.15) is 5.56 Å². The summed E-state index contributed by atoms with van der Waals surface area (Å²) in [6.45, 7) is 1.80. The fourth-order valence-corrected chi connectivity index (χ4v) is 1.92. The lowest BCUT2D eigenvalue weighted by atomic mass is 10.1. The topological polar surface area (TPSA) is 56.3 Å². The van der Waals surface area contributed by atoms with Crippen molar-refractivity contribution < 1.29 is 25.8 Å². The molecule has 0 atom stereocenters. The van der Waals surface area contributed by atoms with Gasteiger partial charge in [-0.1, -0.05) is 18.2 Å². The van der Waals surface area contributed by atoms with Gasteiger partial charge in [0, 0.05) is 17.6 Å². The quantitative estimate of drug-likeness (QED) is 0.630. The highest BCUT2D eigenvalue weighted by molar-refractivity contribution is 7.87. The second kappa shape index (κ2) is 4.37. The number of benzene rings is 1. The van der Waals surface area contributed by atoms with Crippen molar-refractivity contribution in [1.29, 1.82) is 0 Å². The van der Waals surface area contributed by atoms with Gasteiger partial charge in [-0.25, -0.2) is 4.98 Å². The van der Waals surface area contributed by atoms with Crippen LogP contribution in [0.25, 0.3) is 10.8 Å². The Labute approximate surface area is 107 Å². The standard InChI is InChI=1S/C11H8F3NO3S/c1-7-3-2-4-8-5-10(15-6-9(7)8)18-19(16,17)11(12,13)14/h2-6H,1H3. The van der Waals surface area contributed by atoms with E-state index in [4.69, 9.17) is 0 Å². The van der Waals surface area contributed by atoms with Crippen LogP contribution < -0.4 is 4.18 Å². The maximum Gasteiger partial charge on any atom is 0.534 e. The number of aromatic nitrogens is 1. The molecule has 0 unspecified atom stereocenters. The number of halogens is 3. The number of fused-ring (bicyclic) bond motifs is 1. The van der Waals surface area contributed by atoms with Crippen LogP contribution in [0.4, 0.5) is 13.2 Å². The van der Waals surface area contributed by atoms with Crippen LogP contribution in [0.3, 0.4) is 0 Å². The van der Waals surface area contributed by atoms with Crippen molar-refractivity contribution >= 4 is 20.9 Å². The van der Waals surface area contributed by atoms with Crippen molar-refractivity contribution in [3.05, 3.63) is 36.0 Å². The van der Waals surface area contributed by atoms with Gasteiger partial charge >= 0.3 is 15.6 Å². The third kappa shape index (κ3) is 2.62. The molecule has 0 aliphatic carbocycles. The molecule has 1 aromatic carbocycles. The van der Waals surface area contributed by atoms with Crippen LogP contribution in [0.2, 0.25) is 0 Å². The van der Waals surface area contributed by atoms with Gasteiger partial charge in [0.05, 0.1) is 0 Å². The third-order valence-electron chi connectivity index (χ3n) is 2.44. The molecule has 0 radical (unpaired) electrons. The molecule has 0 spiro atoms. The molecule has 0 fully saturated rings. The second-order valence-electron chi connectivity index (χ2n) is 3.80. The van der Waals surface area contributed by atoms with E-state index < -0.39 is 21.5 Å². The number of nitrogens with zero attached hydrogens (tertiary/aromatic N) is 1. The van der Waals surface area contributed by atoms with Crippen molar-refractivity contribution in [3.8, 4) is 5.88 Å². The Balaban J connectivity index is 2.44. The molecular weight excluding hydrogens is 283 g/mol. The molecule has 102 valence electrons. The normalized spacial score (nSPS) is 12.6. The summed E-state index contributed by atoms with van der Waals surface area (Å²) in [7, 11) is -5.69. The van der Waals surface area contributed by atoms with Crippen molar-refractivity contribution in [2.24, 2.45) is 0 Å². The highest BCUT2D eigenvalue weighted by Gasteiger charge is 2.48. The molecule has 0 aliphatic rings. The number of aryl methyl sites for hydroxylation is 1. The fraction of sp³-hybridized carbons (Fsp3) is 0.182. The summed E-state index contributed by atoms with van der Waals surface area (Å²) in [6.07, 6.45) is 1.27. The average Bonchev–Trinajstić information content (AvgIpc) is 2.27. The Morgan fingerprint density at radius 1 is 1.26 bits per heavy atom. The van der Waals surface area contributed by atoms with Gasteiger partial charge < -0.3 is 4.18 Å². The fourth-order valence-electron chi connectivity index (χ4n) is 1.51. The third-order valence-corrected chi connectivity index (χ3v) is 3.39. The summed E-state index contributed by atoms with van der Waals surface area (Å²) in [5.41, 5.74) is -4.61. The smallest absolute Gasteiger partial charge is 0.355 e. The van der Waals surface area contributed by atoms with Crippen molar-refractivity contribution in [3.63, 3.8) is 0 Å². The summed E-state index contributed by atoms with van der Waals surface area (Å²) in [5.74, 6) is -0.615. The Kier molecular flexibility index (Phi) is 3.13. The van der Waals surface area contributed by atoms with Crippen LogP contribution in [-0.2, 0) is 10.1 Å². The number of alkyl halides is 3. The van der Waals surface area contributed by atoms with Gasteiger partial charge in [0.25, 0.3) is 0 Å².